The fourth-order valence-electron chi connectivity index (χ4n) is 1.55. The molecule has 0 aliphatic heterocycles. The second-order valence-corrected chi connectivity index (χ2v) is 4.38. The van der Waals surface area contributed by atoms with Crippen molar-refractivity contribution in [3.63, 3.8) is 0 Å². The van der Waals surface area contributed by atoms with E-state index in [9.17, 15) is 4.79 Å². The van der Waals surface area contributed by atoms with Gasteiger partial charge in [-0.15, -0.1) is 0 Å². The lowest BCUT2D eigenvalue weighted by atomic mass is 10.1. The largest absolute Gasteiger partial charge is 0.449 e. The Morgan fingerprint density at radius 3 is 2.41 bits per heavy atom. The molecule has 17 heavy (non-hydrogen) atoms. The van der Waals surface area contributed by atoms with Crippen LogP contribution < -0.4 is 0 Å². The average molecular weight is 245 g/mol. The summed E-state index contributed by atoms with van der Waals surface area (Å²) in [7, 11) is 1.69. The van der Waals surface area contributed by atoms with Gasteiger partial charge in [-0.3, -0.25) is 0 Å². The van der Waals surface area contributed by atoms with Crippen molar-refractivity contribution >= 4 is 6.09 Å². The van der Waals surface area contributed by atoms with Crippen LogP contribution in [0.3, 0.4) is 0 Å². The lowest BCUT2D eigenvalue weighted by Gasteiger charge is -2.16. The summed E-state index contributed by atoms with van der Waals surface area (Å²) in [6, 6.07) is 0. The van der Waals surface area contributed by atoms with Crippen molar-refractivity contribution in [2.45, 2.75) is 51.9 Å². The van der Waals surface area contributed by atoms with Crippen LogP contribution in [0, 0.1) is 0 Å². The molecule has 0 aliphatic rings. The molecule has 4 heteroatoms. The molecule has 0 rings (SSSR count). The van der Waals surface area contributed by atoms with Gasteiger partial charge in [0.1, 0.15) is 0 Å². The van der Waals surface area contributed by atoms with E-state index in [1.165, 1.54) is 30.6 Å². The third-order valence-electron chi connectivity index (χ3n) is 2.69. The molecule has 0 unspecified atom stereocenters. The van der Waals surface area contributed by atoms with Gasteiger partial charge in [0.05, 0.1) is 6.61 Å². The number of unbranched alkanes of at least 4 members (excludes halogenated alkanes) is 5. The molecule has 0 aliphatic carbocycles. The molecule has 0 aromatic rings. The highest BCUT2D eigenvalue weighted by Crippen LogP contribution is 2.05. The van der Waals surface area contributed by atoms with E-state index in [0.717, 1.165) is 12.8 Å². The zero-order valence-corrected chi connectivity index (χ0v) is 11.3. The van der Waals surface area contributed by atoms with Gasteiger partial charge in [-0.1, -0.05) is 39.0 Å². The van der Waals surface area contributed by atoms with Crippen LogP contribution in [0.4, 0.5) is 4.79 Å². The van der Waals surface area contributed by atoms with Gasteiger partial charge in [0.2, 0.25) is 0 Å². The van der Waals surface area contributed by atoms with Crippen LogP contribution in [0.1, 0.15) is 51.9 Å². The topological polar surface area (TPSA) is 49.8 Å². The van der Waals surface area contributed by atoms with E-state index in [0.29, 0.717) is 19.6 Å². The minimum atomic E-state index is -0.285. The Kier molecular flexibility index (Phi) is 11.2. The molecular weight excluding hydrogens is 218 g/mol. The minimum absolute atomic E-state index is 0.106. The lowest BCUT2D eigenvalue weighted by molar-refractivity contribution is 0.107. The van der Waals surface area contributed by atoms with Crippen LogP contribution in [0.25, 0.3) is 0 Å². The third kappa shape index (κ3) is 10.1. The Balaban J connectivity index is 3.32. The number of amides is 1. The Morgan fingerprint density at radius 1 is 1.12 bits per heavy atom. The van der Waals surface area contributed by atoms with Crippen molar-refractivity contribution in [3.8, 4) is 0 Å². The number of ether oxygens (including phenoxy) is 1. The number of hydrogen-bond donors (Lipinski definition) is 1. The van der Waals surface area contributed by atoms with Crippen LogP contribution >= 0.6 is 0 Å². The van der Waals surface area contributed by atoms with Gasteiger partial charge in [-0.25, -0.2) is 4.79 Å². The second kappa shape index (κ2) is 11.7. The second-order valence-electron chi connectivity index (χ2n) is 4.38. The molecule has 0 aromatic carbocycles. The number of hydrogen-bond acceptors (Lipinski definition) is 3. The van der Waals surface area contributed by atoms with Gasteiger partial charge in [0.15, 0.2) is 0 Å². The van der Waals surface area contributed by atoms with Crippen LogP contribution in [0.15, 0.2) is 0 Å². The van der Waals surface area contributed by atoms with Crippen molar-refractivity contribution in [3.05, 3.63) is 0 Å². The van der Waals surface area contributed by atoms with Crippen molar-refractivity contribution in [1.82, 2.24) is 4.90 Å². The molecular formula is C13H27NO3. The molecule has 0 aromatic heterocycles. The number of aliphatic hydroxyl groups is 1. The molecule has 0 saturated carbocycles. The molecule has 102 valence electrons. The van der Waals surface area contributed by atoms with Crippen molar-refractivity contribution in [2.24, 2.45) is 0 Å². The molecule has 1 amide bonds. The number of rotatable bonds is 10. The highest BCUT2D eigenvalue weighted by atomic mass is 16.6. The normalized spacial score (nSPS) is 10.3. The molecule has 0 bridgehead atoms. The van der Waals surface area contributed by atoms with E-state index in [1.807, 2.05) is 0 Å². The minimum Gasteiger partial charge on any atom is -0.449 e. The fourth-order valence-corrected chi connectivity index (χ4v) is 1.55. The predicted molar refractivity (Wildman–Crippen MR) is 69.1 cm³/mol. The molecule has 4 nitrogen and oxygen atoms in total. The monoisotopic (exact) mass is 245 g/mol. The summed E-state index contributed by atoms with van der Waals surface area (Å²) < 4.78 is 5.11. The Morgan fingerprint density at radius 2 is 1.76 bits per heavy atom. The Hall–Kier alpha value is -0.770. The number of carbonyl (C=O) groups is 1. The van der Waals surface area contributed by atoms with Gasteiger partial charge < -0.3 is 14.7 Å². The van der Waals surface area contributed by atoms with E-state index in [2.05, 4.69) is 6.92 Å². The molecule has 0 spiro atoms. The first-order chi connectivity index (χ1) is 8.22. The zero-order valence-electron chi connectivity index (χ0n) is 11.3. The van der Waals surface area contributed by atoms with E-state index in [-0.39, 0.29) is 12.7 Å². The van der Waals surface area contributed by atoms with Crippen LogP contribution in [0.5, 0.6) is 0 Å². The highest BCUT2D eigenvalue weighted by Gasteiger charge is 2.08. The van der Waals surface area contributed by atoms with E-state index in [4.69, 9.17) is 9.84 Å². The van der Waals surface area contributed by atoms with Gasteiger partial charge in [-0.05, 0) is 12.8 Å². The fraction of sp³-hybridized carbons (Fsp3) is 0.923. The summed E-state index contributed by atoms with van der Waals surface area (Å²) in [5.74, 6) is 0. The maximum Gasteiger partial charge on any atom is 0.409 e. The van der Waals surface area contributed by atoms with E-state index < -0.39 is 0 Å². The molecule has 0 radical (unpaired) electrons. The number of nitrogens with zero attached hydrogens (tertiary/aromatic N) is 1. The summed E-state index contributed by atoms with van der Waals surface area (Å²) in [5.41, 5.74) is 0. The molecule has 0 saturated heterocycles. The lowest BCUT2D eigenvalue weighted by Crippen LogP contribution is -2.29. The smallest absolute Gasteiger partial charge is 0.409 e. The Bertz CT molecular complexity index is 186. The first-order valence-corrected chi connectivity index (χ1v) is 6.71. The maximum absolute atomic E-state index is 11.4. The number of carbonyl (C=O) groups excluding carboxylic acids is 1. The van der Waals surface area contributed by atoms with Gasteiger partial charge in [0, 0.05) is 20.2 Å². The first-order valence-electron chi connectivity index (χ1n) is 6.71. The zero-order chi connectivity index (χ0) is 12.9. The summed E-state index contributed by atoms with van der Waals surface area (Å²) in [6.45, 7) is 3.36. The molecule has 0 atom stereocenters. The Labute approximate surface area is 105 Å². The van der Waals surface area contributed by atoms with Gasteiger partial charge in [0.25, 0.3) is 0 Å². The molecule has 0 fully saturated rings. The van der Waals surface area contributed by atoms with Crippen LogP contribution in [-0.4, -0.2) is 42.9 Å². The summed E-state index contributed by atoms with van der Waals surface area (Å²) in [4.78, 5) is 12.9. The van der Waals surface area contributed by atoms with Crippen LogP contribution in [0.2, 0.25) is 0 Å². The van der Waals surface area contributed by atoms with Crippen molar-refractivity contribution in [1.29, 1.82) is 0 Å². The third-order valence-corrected chi connectivity index (χ3v) is 2.69. The molecule has 0 heterocycles. The van der Waals surface area contributed by atoms with E-state index >= 15 is 0 Å². The molecule has 1 N–H and O–H groups in total. The summed E-state index contributed by atoms with van der Waals surface area (Å²) >= 11 is 0. The van der Waals surface area contributed by atoms with Gasteiger partial charge >= 0.3 is 6.09 Å². The SMILES string of the molecule is CCCCCCCCOC(=O)N(C)CCCO. The van der Waals surface area contributed by atoms with Crippen molar-refractivity contribution in [2.75, 3.05) is 26.8 Å². The van der Waals surface area contributed by atoms with E-state index in [1.54, 1.807) is 7.05 Å². The first kappa shape index (κ1) is 16.2. The quantitative estimate of drug-likeness (QED) is 0.602. The van der Waals surface area contributed by atoms with Crippen LogP contribution in [-0.2, 0) is 4.74 Å². The summed E-state index contributed by atoms with van der Waals surface area (Å²) in [5, 5.41) is 8.64. The highest BCUT2D eigenvalue weighted by molar-refractivity contribution is 5.67. The number of aliphatic hydroxyl groups excluding tert-OH is 1. The van der Waals surface area contributed by atoms with Gasteiger partial charge in [-0.2, -0.15) is 0 Å². The maximum atomic E-state index is 11.4. The standard InChI is InChI=1S/C13H27NO3/c1-3-4-5-6-7-8-12-17-13(16)14(2)10-9-11-15/h15H,3-12H2,1-2H3. The summed E-state index contributed by atoms with van der Waals surface area (Å²) in [6.07, 6.45) is 7.45. The average Bonchev–Trinajstić information content (AvgIpc) is 2.34. The van der Waals surface area contributed by atoms with Crippen molar-refractivity contribution < 1.29 is 14.6 Å². The predicted octanol–water partition coefficient (Wildman–Crippen LogP) is 2.80.